The maximum atomic E-state index is 12.5. The number of sulfonamides is 1. The third kappa shape index (κ3) is 5.33. The molecular formula is C18H29N5O4S. The van der Waals surface area contributed by atoms with E-state index in [0.29, 0.717) is 18.8 Å². The number of amides is 2. The number of carbonyl (C=O) groups is 1. The number of anilines is 2. The van der Waals surface area contributed by atoms with Crippen molar-refractivity contribution in [2.75, 3.05) is 48.7 Å². The summed E-state index contributed by atoms with van der Waals surface area (Å²) in [6, 6.07) is 3.13. The smallest absolute Gasteiger partial charge is 0.319 e. The molecule has 3 rings (SSSR count). The Bertz CT molecular complexity index is 772. The van der Waals surface area contributed by atoms with Gasteiger partial charge in [0.1, 0.15) is 0 Å². The summed E-state index contributed by atoms with van der Waals surface area (Å²) in [6.07, 6.45) is 3.65. The number of hydrogen-bond donors (Lipinski definition) is 2. The Balaban J connectivity index is 1.51. The lowest BCUT2D eigenvalue weighted by molar-refractivity contribution is -0.0440. The molecule has 0 bridgehead atoms. The zero-order chi connectivity index (χ0) is 20.1. The predicted octanol–water partition coefficient (Wildman–Crippen LogP) is 1.24. The number of urea groups is 1. The standard InChI is InChI=1S/C18H29N5O4S/c1-14-12-23(13-15(2)27-14)28(25,26)11-8-20-18(24)21-16-6-5-7-19-17(16)22-9-3-4-10-22/h5-7,14-15H,3-4,8-13H2,1-2H3,(H2,20,21,24)/t14-,15-/m1/s1. The van der Waals surface area contributed by atoms with Gasteiger partial charge in [-0.2, -0.15) is 4.31 Å². The minimum Gasteiger partial charge on any atom is -0.373 e. The van der Waals surface area contributed by atoms with Crippen LogP contribution in [0.15, 0.2) is 18.3 Å². The van der Waals surface area contributed by atoms with Gasteiger partial charge in [-0.3, -0.25) is 0 Å². The molecule has 2 N–H and O–H groups in total. The Hall–Kier alpha value is -1.91. The third-order valence-electron chi connectivity index (χ3n) is 4.87. The van der Waals surface area contributed by atoms with Crippen molar-refractivity contribution in [2.24, 2.45) is 0 Å². The van der Waals surface area contributed by atoms with E-state index in [1.807, 2.05) is 13.8 Å². The number of aromatic nitrogens is 1. The predicted molar refractivity (Wildman–Crippen MR) is 108 cm³/mol. The lowest BCUT2D eigenvalue weighted by Gasteiger charge is -2.34. The van der Waals surface area contributed by atoms with Crippen molar-refractivity contribution in [3.63, 3.8) is 0 Å². The molecule has 2 aliphatic heterocycles. The number of morpholine rings is 1. The summed E-state index contributed by atoms with van der Waals surface area (Å²) in [4.78, 5) is 18.8. The fourth-order valence-electron chi connectivity index (χ4n) is 3.62. The second kappa shape index (κ2) is 9.06. The highest BCUT2D eigenvalue weighted by atomic mass is 32.2. The molecule has 0 aliphatic carbocycles. The van der Waals surface area contributed by atoms with Crippen LogP contribution in [0.3, 0.4) is 0 Å². The topological polar surface area (TPSA) is 104 Å². The summed E-state index contributed by atoms with van der Waals surface area (Å²) in [6.45, 7) is 6.27. The van der Waals surface area contributed by atoms with Crippen LogP contribution in [0.2, 0.25) is 0 Å². The van der Waals surface area contributed by atoms with E-state index in [-0.39, 0.29) is 24.5 Å². The Morgan fingerprint density at radius 3 is 2.61 bits per heavy atom. The lowest BCUT2D eigenvalue weighted by Crippen LogP contribution is -2.49. The number of nitrogens with zero attached hydrogens (tertiary/aromatic N) is 3. The van der Waals surface area contributed by atoms with E-state index in [4.69, 9.17) is 4.74 Å². The molecule has 2 saturated heterocycles. The zero-order valence-electron chi connectivity index (χ0n) is 16.4. The molecule has 10 heteroatoms. The first-order chi connectivity index (χ1) is 13.3. The average molecular weight is 412 g/mol. The number of carbonyl (C=O) groups excluding carboxylic acids is 1. The van der Waals surface area contributed by atoms with E-state index in [9.17, 15) is 13.2 Å². The first-order valence-corrected chi connectivity index (χ1v) is 11.3. The van der Waals surface area contributed by atoms with Gasteiger partial charge in [-0.1, -0.05) is 0 Å². The summed E-state index contributed by atoms with van der Waals surface area (Å²) >= 11 is 0. The fraction of sp³-hybridized carbons (Fsp3) is 0.667. The van der Waals surface area contributed by atoms with Crippen molar-refractivity contribution in [2.45, 2.75) is 38.9 Å². The van der Waals surface area contributed by atoms with E-state index < -0.39 is 16.1 Å². The number of hydrogen-bond acceptors (Lipinski definition) is 6. The molecule has 0 radical (unpaired) electrons. The number of rotatable bonds is 6. The van der Waals surface area contributed by atoms with Gasteiger partial charge in [-0.05, 0) is 38.8 Å². The van der Waals surface area contributed by atoms with Gasteiger partial charge in [-0.15, -0.1) is 0 Å². The largest absolute Gasteiger partial charge is 0.373 e. The molecule has 9 nitrogen and oxygen atoms in total. The number of pyridine rings is 1. The minimum atomic E-state index is -3.45. The van der Waals surface area contributed by atoms with E-state index in [2.05, 4.69) is 20.5 Å². The second-order valence-corrected chi connectivity index (χ2v) is 9.43. The van der Waals surface area contributed by atoms with Crippen molar-refractivity contribution < 1.29 is 17.9 Å². The summed E-state index contributed by atoms with van der Waals surface area (Å²) < 4.78 is 32.1. The molecule has 156 valence electrons. The van der Waals surface area contributed by atoms with Crippen LogP contribution < -0.4 is 15.5 Å². The molecule has 2 fully saturated rings. The summed E-state index contributed by atoms with van der Waals surface area (Å²) in [7, 11) is -3.45. The number of ether oxygens (including phenoxy) is 1. The van der Waals surface area contributed by atoms with Crippen LogP contribution in [-0.4, -0.2) is 74.4 Å². The first kappa shape index (κ1) is 20.8. The first-order valence-electron chi connectivity index (χ1n) is 9.73. The molecule has 0 aromatic carbocycles. The quantitative estimate of drug-likeness (QED) is 0.730. The Labute approximate surface area is 166 Å². The molecule has 28 heavy (non-hydrogen) atoms. The van der Waals surface area contributed by atoms with Crippen LogP contribution in [0.25, 0.3) is 0 Å². The van der Waals surface area contributed by atoms with Gasteiger partial charge in [0.05, 0.1) is 23.6 Å². The van der Waals surface area contributed by atoms with Gasteiger partial charge >= 0.3 is 6.03 Å². The summed E-state index contributed by atoms with van der Waals surface area (Å²) in [5.41, 5.74) is 0.626. The van der Waals surface area contributed by atoms with Crippen LogP contribution in [0, 0.1) is 0 Å². The van der Waals surface area contributed by atoms with Gasteiger partial charge in [0, 0.05) is 38.9 Å². The van der Waals surface area contributed by atoms with Crippen LogP contribution in [-0.2, 0) is 14.8 Å². The molecule has 0 spiro atoms. The van der Waals surface area contributed by atoms with E-state index in [0.717, 1.165) is 31.7 Å². The van der Waals surface area contributed by atoms with Gasteiger partial charge in [0.2, 0.25) is 10.0 Å². The van der Waals surface area contributed by atoms with E-state index >= 15 is 0 Å². The maximum absolute atomic E-state index is 12.5. The molecular weight excluding hydrogens is 382 g/mol. The Morgan fingerprint density at radius 2 is 1.93 bits per heavy atom. The van der Waals surface area contributed by atoms with Crippen LogP contribution in [0.1, 0.15) is 26.7 Å². The van der Waals surface area contributed by atoms with Crippen molar-refractivity contribution in [3.05, 3.63) is 18.3 Å². The monoisotopic (exact) mass is 411 g/mol. The molecule has 2 atom stereocenters. The highest BCUT2D eigenvalue weighted by Gasteiger charge is 2.30. The Kier molecular flexibility index (Phi) is 6.73. The summed E-state index contributed by atoms with van der Waals surface area (Å²) in [5, 5.41) is 5.42. The van der Waals surface area contributed by atoms with Gasteiger partial charge in [-0.25, -0.2) is 18.2 Å². The lowest BCUT2D eigenvalue weighted by atomic mass is 10.3. The van der Waals surface area contributed by atoms with E-state index in [1.165, 1.54) is 4.31 Å². The van der Waals surface area contributed by atoms with Crippen molar-refractivity contribution >= 4 is 27.6 Å². The third-order valence-corrected chi connectivity index (χ3v) is 6.67. The van der Waals surface area contributed by atoms with Crippen molar-refractivity contribution in [1.29, 1.82) is 0 Å². The zero-order valence-corrected chi connectivity index (χ0v) is 17.2. The second-order valence-electron chi connectivity index (χ2n) is 7.34. The van der Waals surface area contributed by atoms with Crippen molar-refractivity contribution in [1.82, 2.24) is 14.6 Å². The molecule has 1 aromatic rings. The average Bonchev–Trinajstić information content (AvgIpc) is 3.15. The SMILES string of the molecule is C[C@@H]1CN(S(=O)(=O)CCNC(=O)Nc2cccnc2N2CCCC2)C[C@@H](C)O1. The highest BCUT2D eigenvalue weighted by Crippen LogP contribution is 2.25. The van der Waals surface area contributed by atoms with Crippen LogP contribution >= 0.6 is 0 Å². The van der Waals surface area contributed by atoms with Crippen LogP contribution in [0.4, 0.5) is 16.3 Å². The van der Waals surface area contributed by atoms with Gasteiger partial charge < -0.3 is 20.3 Å². The highest BCUT2D eigenvalue weighted by molar-refractivity contribution is 7.89. The molecule has 3 heterocycles. The Morgan fingerprint density at radius 1 is 1.25 bits per heavy atom. The van der Waals surface area contributed by atoms with Gasteiger partial charge in [0.15, 0.2) is 5.82 Å². The molecule has 2 amide bonds. The van der Waals surface area contributed by atoms with Crippen molar-refractivity contribution in [3.8, 4) is 0 Å². The fourth-order valence-corrected chi connectivity index (χ4v) is 5.11. The molecule has 2 aliphatic rings. The van der Waals surface area contributed by atoms with Crippen LogP contribution in [0.5, 0.6) is 0 Å². The van der Waals surface area contributed by atoms with Gasteiger partial charge in [0.25, 0.3) is 0 Å². The van der Waals surface area contributed by atoms with E-state index in [1.54, 1.807) is 18.3 Å². The molecule has 0 unspecified atom stereocenters. The normalized spacial score (nSPS) is 23.6. The summed E-state index contributed by atoms with van der Waals surface area (Å²) in [5.74, 6) is 0.602. The number of nitrogens with one attached hydrogen (secondary N) is 2. The minimum absolute atomic E-state index is 0.0353. The maximum Gasteiger partial charge on any atom is 0.319 e. The molecule has 1 aromatic heterocycles. The molecule has 0 saturated carbocycles.